The van der Waals surface area contributed by atoms with Crippen LogP contribution in [0.3, 0.4) is 0 Å². The first-order chi connectivity index (χ1) is 29.9. The number of rotatable bonds is 56. The van der Waals surface area contributed by atoms with Crippen molar-refractivity contribution >= 4 is 0 Å². The molecule has 0 aromatic heterocycles. The summed E-state index contributed by atoms with van der Waals surface area (Å²) in [7, 11) is 0. The maximum absolute atomic E-state index is 3.62. The molecule has 0 saturated carbocycles. The maximum Gasteiger partial charge on any atom is 0.0135 e. The van der Waals surface area contributed by atoms with Gasteiger partial charge in [-0.15, -0.1) is 0 Å². The summed E-state index contributed by atoms with van der Waals surface area (Å²) in [5.74, 6) is 0. The smallest absolute Gasteiger partial charge is 0.0135 e. The molecule has 360 valence electrons. The van der Waals surface area contributed by atoms with Crippen LogP contribution in [0.4, 0.5) is 0 Å². The Morgan fingerprint density at radius 1 is 0.183 bits per heavy atom. The van der Waals surface area contributed by atoms with Gasteiger partial charge < -0.3 is 63.8 Å². The quantitative estimate of drug-likeness (QED) is 0.0311. The van der Waals surface area contributed by atoms with Crippen molar-refractivity contribution in [1.82, 2.24) is 63.8 Å². The van der Waals surface area contributed by atoms with E-state index in [0.29, 0.717) is 0 Å². The molecule has 12 N–H and O–H groups in total. The van der Waals surface area contributed by atoms with Crippen LogP contribution in [0.15, 0.2) is 12.2 Å². The summed E-state index contributed by atoms with van der Waals surface area (Å²) >= 11 is 0. The molecular formula is C48H108N12. The van der Waals surface area contributed by atoms with Gasteiger partial charge in [0, 0.05) is 13.1 Å². The van der Waals surface area contributed by atoms with Crippen LogP contribution in [0.5, 0.6) is 0 Å². The van der Waals surface area contributed by atoms with E-state index in [9.17, 15) is 0 Å². The van der Waals surface area contributed by atoms with Crippen LogP contribution in [-0.2, 0) is 0 Å². The van der Waals surface area contributed by atoms with Crippen LogP contribution in [-0.4, -0.2) is 157 Å². The SMILES string of the molecule is CCNCCCCNCCCCNCCCCNCCCCNCCCCNC/C=C/CNCCCCNCCCCNCCCCNCCCCNCCCCNCC. The van der Waals surface area contributed by atoms with Crippen molar-refractivity contribution in [3.8, 4) is 0 Å². The summed E-state index contributed by atoms with van der Waals surface area (Å²) in [6.07, 6.45) is 29.9. The van der Waals surface area contributed by atoms with Crippen LogP contribution < -0.4 is 63.8 Å². The van der Waals surface area contributed by atoms with Gasteiger partial charge in [-0.25, -0.2) is 0 Å². The molecule has 0 aliphatic heterocycles. The van der Waals surface area contributed by atoms with E-state index >= 15 is 0 Å². The van der Waals surface area contributed by atoms with E-state index < -0.39 is 0 Å². The van der Waals surface area contributed by atoms with Crippen molar-refractivity contribution in [3.05, 3.63) is 12.2 Å². The second-order valence-electron chi connectivity index (χ2n) is 16.7. The lowest BCUT2D eigenvalue weighted by molar-refractivity contribution is 0.533. The molecule has 12 nitrogen and oxygen atoms in total. The fourth-order valence-corrected chi connectivity index (χ4v) is 6.89. The average Bonchev–Trinajstić information content (AvgIpc) is 3.26. The molecule has 0 spiro atoms. The van der Waals surface area contributed by atoms with E-state index in [4.69, 9.17) is 0 Å². The first kappa shape index (κ1) is 59.3. The van der Waals surface area contributed by atoms with E-state index in [0.717, 1.165) is 157 Å². The van der Waals surface area contributed by atoms with Crippen LogP contribution in [0, 0.1) is 0 Å². The van der Waals surface area contributed by atoms with Crippen molar-refractivity contribution in [2.24, 2.45) is 0 Å². The highest BCUT2D eigenvalue weighted by Crippen LogP contribution is 1.94. The van der Waals surface area contributed by atoms with Gasteiger partial charge >= 0.3 is 0 Å². The molecule has 12 heteroatoms. The summed E-state index contributed by atoms with van der Waals surface area (Å²) in [4.78, 5) is 0. The summed E-state index contributed by atoms with van der Waals surface area (Å²) in [5.41, 5.74) is 0. The molecule has 0 atom stereocenters. The van der Waals surface area contributed by atoms with Gasteiger partial charge in [0.05, 0.1) is 0 Å². The molecule has 0 bridgehead atoms. The summed E-state index contributed by atoms with van der Waals surface area (Å²) in [6, 6.07) is 0. The standard InChI is InChI=1S/C48H108N12/c1-3-49-27-5-7-29-51-31-9-11-33-53-35-13-15-37-55-39-17-19-41-57-43-21-23-45-59-47-25-26-48-60-46-24-22-44-58-42-20-18-40-56-38-16-14-36-54-34-12-10-32-52-30-8-6-28-50-4-2/h25-26,49-60H,3-24,27-48H2,1-2H3/b26-25+. The monoisotopic (exact) mass is 853 g/mol. The minimum atomic E-state index is 0.974. The van der Waals surface area contributed by atoms with Crippen molar-refractivity contribution in [2.75, 3.05) is 157 Å². The third-order valence-corrected chi connectivity index (χ3v) is 10.8. The molecule has 0 aliphatic rings. The van der Waals surface area contributed by atoms with Gasteiger partial charge in [-0.3, -0.25) is 0 Å². The molecule has 0 fully saturated rings. The Hall–Kier alpha value is -0.740. The summed E-state index contributed by atoms with van der Waals surface area (Å²) < 4.78 is 0. The zero-order valence-corrected chi connectivity index (χ0v) is 40.3. The zero-order chi connectivity index (χ0) is 43.0. The first-order valence-corrected chi connectivity index (χ1v) is 26.0. The van der Waals surface area contributed by atoms with Crippen molar-refractivity contribution in [3.63, 3.8) is 0 Å². The van der Waals surface area contributed by atoms with Crippen molar-refractivity contribution in [2.45, 2.75) is 142 Å². The molecule has 0 radical (unpaired) electrons. The molecule has 0 unspecified atom stereocenters. The van der Waals surface area contributed by atoms with Gasteiger partial charge in [-0.2, -0.15) is 0 Å². The van der Waals surface area contributed by atoms with Gasteiger partial charge in [-0.05, 0) is 272 Å². The molecule has 0 rings (SSSR count). The Morgan fingerprint density at radius 2 is 0.317 bits per heavy atom. The lowest BCUT2D eigenvalue weighted by atomic mass is 10.2. The Labute approximate surface area is 374 Å². The lowest BCUT2D eigenvalue weighted by Crippen LogP contribution is -2.23. The highest BCUT2D eigenvalue weighted by atomic mass is 14.9. The number of unbranched alkanes of at least 4 members (excludes halogenated alkanes) is 10. The molecular weight excluding hydrogens is 745 g/mol. The Balaban J connectivity index is 3.10. The third kappa shape index (κ3) is 57.3. The van der Waals surface area contributed by atoms with Gasteiger partial charge in [0.1, 0.15) is 0 Å². The third-order valence-electron chi connectivity index (χ3n) is 10.8. The van der Waals surface area contributed by atoms with Gasteiger partial charge in [-0.1, -0.05) is 26.0 Å². The van der Waals surface area contributed by atoms with Crippen LogP contribution in [0.25, 0.3) is 0 Å². The van der Waals surface area contributed by atoms with Crippen molar-refractivity contribution < 1.29 is 0 Å². The average molecular weight is 853 g/mol. The van der Waals surface area contributed by atoms with E-state index in [1.807, 2.05) is 0 Å². The van der Waals surface area contributed by atoms with Gasteiger partial charge in [0.15, 0.2) is 0 Å². The number of nitrogens with one attached hydrogen (secondary N) is 12. The molecule has 60 heavy (non-hydrogen) atoms. The lowest BCUT2D eigenvalue weighted by Gasteiger charge is -2.08. The minimum absolute atomic E-state index is 0.974. The Morgan fingerprint density at radius 3 is 0.467 bits per heavy atom. The number of hydrogen-bond acceptors (Lipinski definition) is 12. The summed E-state index contributed by atoms with van der Waals surface area (Å²) in [6.45, 7) is 31.4. The highest BCUT2D eigenvalue weighted by molar-refractivity contribution is 4.85. The van der Waals surface area contributed by atoms with Crippen molar-refractivity contribution in [1.29, 1.82) is 0 Å². The van der Waals surface area contributed by atoms with Crippen LogP contribution in [0.2, 0.25) is 0 Å². The topological polar surface area (TPSA) is 144 Å². The fourth-order valence-electron chi connectivity index (χ4n) is 6.89. The number of hydrogen-bond donors (Lipinski definition) is 12. The van der Waals surface area contributed by atoms with E-state index in [1.54, 1.807) is 0 Å². The fraction of sp³-hybridized carbons (Fsp3) is 0.958. The predicted molar refractivity (Wildman–Crippen MR) is 267 cm³/mol. The maximum atomic E-state index is 3.62. The minimum Gasteiger partial charge on any atom is -0.317 e. The molecule has 0 aliphatic carbocycles. The Bertz CT molecular complexity index is 703. The van der Waals surface area contributed by atoms with E-state index in [-0.39, 0.29) is 0 Å². The Kier molecular flexibility index (Phi) is 57.5. The molecule has 0 amide bonds. The van der Waals surface area contributed by atoms with E-state index in [1.165, 1.54) is 128 Å². The highest BCUT2D eigenvalue weighted by Gasteiger charge is 1.97. The molecule has 0 aromatic carbocycles. The first-order valence-electron chi connectivity index (χ1n) is 26.0. The van der Waals surface area contributed by atoms with Gasteiger partial charge in [0.2, 0.25) is 0 Å². The molecule has 0 saturated heterocycles. The van der Waals surface area contributed by atoms with E-state index in [2.05, 4.69) is 89.8 Å². The van der Waals surface area contributed by atoms with Crippen LogP contribution in [0.1, 0.15) is 142 Å². The normalized spacial score (nSPS) is 11.8. The molecule has 0 aromatic rings. The van der Waals surface area contributed by atoms with Gasteiger partial charge in [0.25, 0.3) is 0 Å². The molecule has 0 heterocycles. The largest absolute Gasteiger partial charge is 0.317 e. The second-order valence-corrected chi connectivity index (χ2v) is 16.7. The second kappa shape index (κ2) is 58.3. The predicted octanol–water partition coefficient (Wildman–Crippen LogP) is 4.46. The summed E-state index contributed by atoms with van der Waals surface area (Å²) in [5, 5.41) is 42.7. The van der Waals surface area contributed by atoms with Crippen LogP contribution >= 0.6 is 0 Å². The zero-order valence-electron chi connectivity index (χ0n) is 40.3.